The molecule has 0 atom stereocenters. The van der Waals surface area contributed by atoms with Crippen LogP contribution in [0.15, 0.2) is 192 Å². The Morgan fingerprint density at radius 1 is 0.345 bits per heavy atom. The van der Waals surface area contributed by atoms with Crippen molar-refractivity contribution in [1.82, 2.24) is 15.0 Å². The first kappa shape index (κ1) is 33.9. The van der Waals surface area contributed by atoms with Gasteiger partial charge in [0, 0.05) is 32.9 Å². The average molecular weight is 744 g/mol. The first-order chi connectivity index (χ1) is 28.5. The van der Waals surface area contributed by atoms with Crippen molar-refractivity contribution < 1.29 is 4.42 Å². The summed E-state index contributed by atoms with van der Waals surface area (Å²) in [5, 5.41) is 2.21. The number of benzene rings is 8. The molecule has 2 aromatic heterocycles. The molecule has 4 heteroatoms. The minimum atomic E-state index is -0.0763. The monoisotopic (exact) mass is 743 g/mol. The molecule has 11 rings (SSSR count). The van der Waals surface area contributed by atoms with Gasteiger partial charge in [0.2, 0.25) is 0 Å². The van der Waals surface area contributed by atoms with Crippen molar-refractivity contribution in [2.24, 2.45) is 0 Å². The minimum Gasteiger partial charge on any atom is -0.456 e. The van der Waals surface area contributed by atoms with Crippen molar-refractivity contribution >= 4 is 21.9 Å². The molecular weight excluding hydrogens is 707 g/mol. The lowest BCUT2D eigenvalue weighted by Gasteiger charge is -2.21. The van der Waals surface area contributed by atoms with Crippen molar-refractivity contribution in [2.45, 2.75) is 19.3 Å². The highest BCUT2D eigenvalue weighted by Gasteiger charge is 2.35. The van der Waals surface area contributed by atoms with E-state index in [-0.39, 0.29) is 5.41 Å². The van der Waals surface area contributed by atoms with Gasteiger partial charge in [-0.2, -0.15) is 0 Å². The van der Waals surface area contributed by atoms with Crippen LogP contribution in [0, 0.1) is 0 Å². The van der Waals surface area contributed by atoms with E-state index >= 15 is 0 Å². The largest absolute Gasteiger partial charge is 0.456 e. The Morgan fingerprint density at radius 2 is 0.862 bits per heavy atom. The van der Waals surface area contributed by atoms with Crippen LogP contribution < -0.4 is 0 Å². The molecule has 0 amide bonds. The molecule has 0 unspecified atom stereocenters. The van der Waals surface area contributed by atoms with Crippen LogP contribution in [-0.2, 0) is 5.41 Å². The van der Waals surface area contributed by atoms with Gasteiger partial charge >= 0.3 is 0 Å². The zero-order valence-electron chi connectivity index (χ0n) is 32.1. The van der Waals surface area contributed by atoms with Gasteiger partial charge in [-0.3, -0.25) is 0 Å². The van der Waals surface area contributed by atoms with Crippen LogP contribution >= 0.6 is 0 Å². The second-order valence-electron chi connectivity index (χ2n) is 15.6. The molecule has 0 aliphatic heterocycles. The summed E-state index contributed by atoms with van der Waals surface area (Å²) in [5.41, 5.74) is 16.4. The van der Waals surface area contributed by atoms with E-state index in [4.69, 9.17) is 19.4 Å². The highest BCUT2D eigenvalue weighted by Crippen LogP contribution is 2.49. The number of rotatable bonds is 6. The first-order valence-corrected chi connectivity index (χ1v) is 19.8. The number of furan rings is 1. The second kappa shape index (κ2) is 13.4. The van der Waals surface area contributed by atoms with E-state index in [1.54, 1.807) is 0 Å². The number of hydrogen-bond acceptors (Lipinski definition) is 4. The molecule has 0 fully saturated rings. The first-order valence-electron chi connectivity index (χ1n) is 19.8. The summed E-state index contributed by atoms with van der Waals surface area (Å²) in [5.74, 6) is 1.91. The summed E-state index contributed by atoms with van der Waals surface area (Å²) in [7, 11) is 0. The lowest BCUT2D eigenvalue weighted by atomic mass is 9.82. The Labute approximate surface area is 337 Å². The molecule has 8 aromatic carbocycles. The molecule has 0 spiro atoms. The second-order valence-corrected chi connectivity index (χ2v) is 15.6. The fourth-order valence-electron chi connectivity index (χ4n) is 8.77. The molecule has 4 nitrogen and oxygen atoms in total. The van der Waals surface area contributed by atoms with Crippen LogP contribution in [-0.4, -0.2) is 15.0 Å². The maximum atomic E-state index is 6.55. The van der Waals surface area contributed by atoms with Crippen molar-refractivity contribution in [1.29, 1.82) is 0 Å². The van der Waals surface area contributed by atoms with Crippen LogP contribution in [0.1, 0.15) is 25.0 Å². The molecule has 1 aliphatic carbocycles. The lowest BCUT2D eigenvalue weighted by molar-refractivity contribution is 0.660. The van der Waals surface area contributed by atoms with Gasteiger partial charge in [-0.05, 0) is 86.0 Å². The third-order valence-electron chi connectivity index (χ3n) is 11.8. The number of hydrogen-bond donors (Lipinski definition) is 0. The van der Waals surface area contributed by atoms with Crippen LogP contribution in [0.2, 0.25) is 0 Å². The predicted molar refractivity (Wildman–Crippen MR) is 237 cm³/mol. The topological polar surface area (TPSA) is 51.8 Å². The van der Waals surface area contributed by atoms with Gasteiger partial charge in [0.05, 0.1) is 0 Å². The fraction of sp³-hybridized carbons (Fsp3) is 0.0556. The molecule has 2 heterocycles. The SMILES string of the molecule is CC1(C)c2ccccc2-c2cc(-c3nc(-c4ccccc4)nc(-c4cccc(-c5ccc6c(c5)oc5cccc(-c7ccc(-c8ccccc8)cc7)c56)c4)n3)ccc21. The normalized spacial score (nSPS) is 12.8. The number of fused-ring (bicyclic) bond motifs is 6. The van der Waals surface area contributed by atoms with Crippen LogP contribution in [0.25, 0.3) is 101 Å². The van der Waals surface area contributed by atoms with Crippen molar-refractivity contribution in [3.63, 3.8) is 0 Å². The van der Waals surface area contributed by atoms with E-state index in [0.717, 1.165) is 60.9 Å². The summed E-state index contributed by atoms with van der Waals surface area (Å²) in [6.07, 6.45) is 0. The summed E-state index contributed by atoms with van der Waals surface area (Å²) in [4.78, 5) is 15.3. The smallest absolute Gasteiger partial charge is 0.164 e. The van der Waals surface area contributed by atoms with Gasteiger partial charge in [0.1, 0.15) is 11.2 Å². The van der Waals surface area contributed by atoms with Gasteiger partial charge in [-0.25, -0.2) is 15.0 Å². The van der Waals surface area contributed by atoms with Crippen molar-refractivity contribution in [3.05, 3.63) is 199 Å². The van der Waals surface area contributed by atoms with Gasteiger partial charge in [0.15, 0.2) is 17.5 Å². The van der Waals surface area contributed by atoms with Crippen LogP contribution in [0.5, 0.6) is 0 Å². The Hall–Kier alpha value is -7.43. The van der Waals surface area contributed by atoms with Gasteiger partial charge < -0.3 is 4.42 Å². The average Bonchev–Trinajstić information content (AvgIpc) is 3.78. The van der Waals surface area contributed by atoms with Gasteiger partial charge in [-0.15, -0.1) is 0 Å². The van der Waals surface area contributed by atoms with Gasteiger partial charge in [0.25, 0.3) is 0 Å². The van der Waals surface area contributed by atoms with E-state index in [1.807, 2.05) is 24.3 Å². The molecular formula is C54H37N3O. The molecule has 58 heavy (non-hydrogen) atoms. The summed E-state index contributed by atoms with van der Waals surface area (Å²) < 4.78 is 6.55. The van der Waals surface area contributed by atoms with Crippen LogP contribution in [0.4, 0.5) is 0 Å². The third-order valence-corrected chi connectivity index (χ3v) is 11.8. The molecule has 0 saturated carbocycles. The molecule has 0 saturated heterocycles. The molecule has 274 valence electrons. The molecule has 10 aromatic rings. The van der Waals surface area contributed by atoms with E-state index in [2.05, 4.69) is 178 Å². The highest BCUT2D eigenvalue weighted by molar-refractivity contribution is 6.13. The maximum absolute atomic E-state index is 6.55. The van der Waals surface area contributed by atoms with E-state index in [1.165, 1.54) is 33.4 Å². The quantitative estimate of drug-likeness (QED) is 0.170. The summed E-state index contributed by atoms with van der Waals surface area (Å²) in [6.45, 7) is 4.60. The van der Waals surface area contributed by atoms with Crippen LogP contribution in [0.3, 0.4) is 0 Å². The van der Waals surface area contributed by atoms with E-state index in [0.29, 0.717) is 17.5 Å². The zero-order chi connectivity index (χ0) is 38.8. The Kier molecular flexibility index (Phi) is 7.80. The lowest BCUT2D eigenvalue weighted by Crippen LogP contribution is -2.14. The Morgan fingerprint density at radius 3 is 1.64 bits per heavy atom. The van der Waals surface area contributed by atoms with E-state index < -0.39 is 0 Å². The summed E-state index contributed by atoms with van der Waals surface area (Å²) >= 11 is 0. The third kappa shape index (κ3) is 5.64. The zero-order valence-corrected chi connectivity index (χ0v) is 32.1. The molecule has 1 aliphatic rings. The standard InChI is InChI=1S/C54H37N3O/c1-54(2)46-21-10-9-19-43(46)45-32-41(28-30-47(45)54)53-56-51(37-15-7-4-8-16-37)55-52(57-53)40-18-11-17-38(31-40)39-27-29-44-49(33-39)58-48-22-12-20-42(50(44)48)36-25-23-35(24-26-36)34-13-5-3-6-14-34/h3-33H,1-2H3. The molecule has 0 bridgehead atoms. The summed E-state index contributed by atoms with van der Waals surface area (Å²) in [6, 6.07) is 66.1. The number of nitrogens with zero attached hydrogens (tertiary/aromatic N) is 3. The maximum Gasteiger partial charge on any atom is 0.164 e. The van der Waals surface area contributed by atoms with Crippen molar-refractivity contribution in [3.8, 4) is 78.7 Å². The predicted octanol–water partition coefficient (Wildman–Crippen LogP) is 14.1. The molecule has 0 N–H and O–H groups in total. The Balaban J connectivity index is 0.979. The van der Waals surface area contributed by atoms with E-state index in [9.17, 15) is 0 Å². The highest BCUT2D eigenvalue weighted by atomic mass is 16.3. The Bertz CT molecular complexity index is 3180. The van der Waals surface area contributed by atoms with Crippen molar-refractivity contribution in [2.75, 3.05) is 0 Å². The number of aromatic nitrogens is 3. The molecule has 0 radical (unpaired) electrons. The minimum absolute atomic E-state index is 0.0763. The fourth-order valence-corrected chi connectivity index (χ4v) is 8.77. The van der Waals surface area contributed by atoms with Gasteiger partial charge in [-0.1, -0.05) is 172 Å².